The molecule has 1 nitrogen and oxygen atoms in total. The molecule has 0 bridgehead atoms. The van der Waals surface area contributed by atoms with Gasteiger partial charge in [0.1, 0.15) is 0 Å². The van der Waals surface area contributed by atoms with Crippen LogP contribution in [0.1, 0.15) is 41.6 Å². The molecule has 18 heavy (non-hydrogen) atoms. The van der Waals surface area contributed by atoms with Crippen LogP contribution >= 0.6 is 15.9 Å². The summed E-state index contributed by atoms with van der Waals surface area (Å²) in [5, 5.41) is 0. The number of rotatable bonds is 2. The van der Waals surface area contributed by atoms with Crippen molar-refractivity contribution in [3.05, 3.63) is 33.8 Å². The van der Waals surface area contributed by atoms with Crippen LogP contribution in [-0.2, 0) is 6.18 Å². The lowest BCUT2D eigenvalue weighted by Crippen LogP contribution is -2.14. The molecule has 1 fully saturated rings. The molecule has 0 saturated heterocycles. The first kappa shape index (κ1) is 13.6. The van der Waals surface area contributed by atoms with Gasteiger partial charge in [0.25, 0.3) is 0 Å². The second-order valence-electron chi connectivity index (χ2n) is 4.54. The highest BCUT2D eigenvalue weighted by Gasteiger charge is 2.33. The first-order valence-electron chi connectivity index (χ1n) is 5.80. The Labute approximate surface area is 112 Å². The third kappa shape index (κ3) is 2.76. The molecule has 0 atom stereocenters. The summed E-state index contributed by atoms with van der Waals surface area (Å²) >= 11 is 3.16. The number of Topliss-reactive ketones (excluding diaryl/α,β-unsaturated/α-hetero) is 1. The van der Waals surface area contributed by atoms with Crippen LogP contribution in [0.5, 0.6) is 0 Å². The fourth-order valence-electron chi connectivity index (χ4n) is 2.30. The summed E-state index contributed by atoms with van der Waals surface area (Å²) in [6.45, 7) is 0. The highest BCUT2D eigenvalue weighted by atomic mass is 79.9. The molecular formula is C13H12BrF3O. The van der Waals surface area contributed by atoms with Crippen molar-refractivity contribution in [3.8, 4) is 0 Å². The first-order chi connectivity index (χ1) is 8.39. The Hall–Kier alpha value is -0.840. The highest BCUT2D eigenvalue weighted by molar-refractivity contribution is 9.10. The van der Waals surface area contributed by atoms with E-state index in [1.807, 2.05) is 0 Å². The number of hydrogen-bond donors (Lipinski definition) is 0. The fraction of sp³-hybridized carbons (Fsp3) is 0.462. The van der Waals surface area contributed by atoms with E-state index in [0.717, 1.165) is 37.8 Å². The third-order valence-corrected chi connectivity index (χ3v) is 3.98. The zero-order valence-corrected chi connectivity index (χ0v) is 11.1. The number of carbonyl (C=O) groups excluding carboxylic acids is 1. The van der Waals surface area contributed by atoms with Gasteiger partial charge in [-0.2, -0.15) is 13.2 Å². The van der Waals surface area contributed by atoms with Crippen molar-refractivity contribution in [2.24, 2.45) is 5.92 Å². The average Bonchev–Trinajstić information content (AvgIpc) is 2.80. The van der Waals surface area contributed by atoms with E-state index in [0.29, 0.717) is 4.47 Å². The largest absolute Gasteiger partial charge is 0.416 e. The van der Waals surface area contributed by atoms with Crippen molar-refractivity contribution in [2.45, 2.75) is 31.9 Å². The number of carbonyl (C=O) groups is 1. The van der Waals surface area contributed by atoms with Gasteiger partial charge in [-0.05, 0) is 31.0 Å². The van der Waals surface area contributed by atoms with Gasteiger partial charge in [-0.25, -0.2) is 0 Å². The van der Waals surface area contributed by atoms with Gasteiger partial charge < -0.3 is 0 Å². The number of hydrogen-bond acceptors (Lipinski definition) is 1. The average molecular weight is 321 g/mol. The summed E-state index contributed by atoms with van der Waals surface area (Å²) in [6.07, 6.45) is -0.894. The topological polar surface area (TPSA) is 17.1 Å². The van der Waals surface area contributed by atoms with Gasteiger partial charge in [0.15, 0.2) is 5.78 Å². The predicted molar refractivity (Wildman–Crippen MR) is 65.4 cm³/mol. The molecule has 0 heterocycles. The summed E-state index contributed by atoms with van der Waals surface area (Å²) < 4.78 is 38.3. The summed E-state index contributed by atoms with van der Waals surface area (Å²) in [7, 11) is 0. The number of benzene rings is 1. The standard InChI is InChI=1S/C13H12BrF3O/c14-11-6-5-9(13(15,16)17)7-10(11)12(18)8-3-1-2-4-8/h5-8H,1-4H2. The first-order valence-corrected chi connectivity index (χ1v) is 6.60. The lowest BCUT2D eigenvalue weighted by atomic mass is 9.95. The van der Waals surface area contributed by atoms with Gasteiger partial charge in [-0.1, -0.05) is 28.8 Å². The van der Waals surface area contributed by atoms with Gasteiger partial charge in [0, 0.05) is 16.0 Å². The number of halogens is 4. The fourth-order valence-corrected chi connectivity index (χ4v) is 2.74. The molecule has 1 saturated carbocycles. The summed E-state index contributed by atoms with van der Waals surface area (Å²) in [5.41, 5.74) is -0.622. The minimum absolute atomic E-state index is 0.121. The molecular weight excluding hydrogens is 309 g/mol. The molecule has 0 radical (unpaired) electrons. The summed E-state index contributed by atoms with van der Waals surface area (Å²) in [6, 6.07) is 3.23. The maximum absolute atomic E-state index is 12.6. The number of ketones is 1. The lowest BCUT2D eigenvalue weighted by Gasteiger charge is -2.13. The van der Waals surface area contributed by atoms with E-state index in [4.69, 9.17) is 0 Å². The van der Waals surface area contributed by atoms with E-state index in [-0.39, 0.29) is 17.3 Å². The van der Waals surface area contributed by atoms with Crippen molar-refractivity contribution in [1.29, 1.82) is 0 Å². The molecule has 0 spiro atoms. The van der Waals surface area contributed by atoms with Crippen LogP contribution in [0.2, 0.25) is 0 Å². The smallest absolute Gasteiger partial charge is 0.294 e. The molecule has 0 amide bonds. The zero-order chi connectivity index (χ0) is 13.3. The molecule has 0 aromatic heterocycles. The molecule has 1 aliphatic carbocycles. The van der Waals surface area contributed by atoms with E-state index >= 15 is 0 Å². The zero-order valence-electron chi connectivity index (χ0n) is 9.56. The van der Waals surface area contributed by atoms with E-state index < -0.39 is 11.7 Å². The van der Waals surface area contributed by atoms with Crippen LogP contribution < -0.4 is 0 Å². The molecule has 98 valence electrons. The molecule has 1 aromatic carbocycles. The second-order valence-corrected chi connectivity index (χ2v) is 5.39. The van der Waals surface area contributed by atoms with Crippen molar-refractivity contribution >= 4 is 21.7 Å². The van der Waals surface area contributed by atoms with E-state index in [1.165, 1.54) is 6.07 Å². The molecule has 5 heteroatoms. The molecule has 0 aliphatic heterocycles. The van der Waals surface area contributed by atoms with Crippen LogP contribution in [0.15, 0.2) is 22.7 Å². The Bertz CT molecular complexity index is 462. The van der Waals surface area contributed by atoms with Crippen LogP contribution in [0.25, 0.3) is 0 Å². The second kappa shape index (κ2) is 5.03. The van der Waals surface area contributed by atoms with Crippen LogP contribution in [0, 0.1) is 5.92 Å². The molecule has 1 aromatic rings. The highest BCUT2D eigenvalue weighted by Crippen LogP contribution is 2.35. The van der Waals surface area contributed by atoms with Crippen LogP contribution in [0.4, 0.5) is 13.2 Å². The van der Waals surface area contributed by atoms with Gasteiger partial charge in [-0.15, -0.1) is 0 Å². The molecule has 1 aliphatic rings. The van der Waals surface area contributed by atoms with Crippen LogP contribution in [0.3, 0.4) is 0 Å². The van der Waals surface area contributed by atoms with E-state index in [2.05, 4.69) is 15.9 Å². The van der Waals surface area contributed by atoms with Crippen molar-refractivity contribution in [3.63, 3.8) is 0 Å². The van der Waals surface area contributed by atoms with Crippen molar-refractivity contribution in [1.82, 2.24) is 0 Å². The Morgan fingerprint density at radius 3 is 2.39 bits per heavy atom. The molecule has 0 N–H and O–H groups in total. The Morgan fingerprint density at radius 2 is 1.83 bits per heavy atom. The predicted octanol–water partition coefficient (Wildman–Crippen LogP) is 4.84. The van der Waals surface area contributed by atoms with Gasteiger partial charge in [0.05, 0.1) is 5.56 Å². The Morgan fingerprint density at radius 1 is 1.22 bits per heavy atom. The normalized spacial score (nSPS) is 17.1. The summed E-state index contributed by atoms with van der Waals surface area (Å²) in [5.74, 6) is -0.296. The van der Waals surface area contributed by atoms with Crippen molar-refractivity contribution in [2.75, 3.05) is 0 Å². The minimum atomic E-state index is -4.41. The Balaban J connectivity index is 2.34. The SMILES string of the molecule is O=C(c1cc(C(F)(F)F)ccc1Br)C1CCCC1. The van der Waals surface area contributed by atoms with E-state index in [1.54, 1.807) is 0 Å². The Kier molecular flexibility index (Phi) is 3.80. The molecule has 2 rings (SSSR count). The summed E-state index contributed by atoms with van der Waals surface area (Å²) in [4.78, 5) is 12.1. The van der Waals surface area contributed by atoms with Gasteiger partial charge in [-0.3, -0.25) is 4.79 Å². The maximum Gasteiger partial charge on any atom is 0.416 e. The monoisotopic (exact) mass is 320 g/mol. The van der Waals surface area contributed by atoms with Gasteiger partial charge in [0.2, 0.25) is 0 Å². The van der Waals surface area contributed by atoms with Crippen molar-refractivity contribution < 1.29 is 18.0 Å². The molecule has 0 unspecified atom stereocenters. The lowest BCUT2D eigenvalue weighted by molar-refractivity contribution is -0.137. The van der Waals surface area contributed by atoms with Crippen LogP contribution in [-0.4, -0.2) is 5.78 Å². The quantitative estimate of drug-likeness (QED) is 0.712. The minimum Gasteiger partial charge on any atom is -0.294 e. The van der Waals surface area contributed by atoms with Gasteiger partial charge >= 0.3 is 6.18 Å². The maximum atomic E-state index is 12.6. The van der Waals surface area contributed by atoms with E-state index in [9.17, 15) is 18.0 Å². The third-order valence-electron chi connectivity index (χ3n) is 3.29. The number of alkyl halides is 3.